The minimum atomic E-state index is -0.384. The minimum Gasteiger partial charge on any atom is -0.496 e. The minimum absolute atomic E-state index is 0.271. The van der Waals surface area contributed by atoms with E-state index in [0.717, 1.165) is 42.8 Å². The van der Waals surface area contributed by atoms with Crippen LogP contribution in [0.2, 0.25) is 0 Å². The lowest BCUT2D eigenvalue weighted by atomic mass is 10.1. The van der Waals surface area contributed by atoms with Gasteiger partial charge < -0.3 is 25.2 Å². The fourth-order valence-corrected chi connectivity index (χ4v) is 5.09. The van der Waals surface area contributed by atoms with Gasteiger partial charge in [-0.1, -0.05) is 18.2 Å². The summed E-state index contributed by atoms with van der Waals surface area (Å²) in [7, 11) is 3.72. The lowest BCUT2D eigenvalue weighted by Gasteiger charge is -2.34. The van der Waals surface area contributed by atoms with Crippen molar-refractivity contribution in [1.29, 1.82) is 0 Å². The topological polar surface area (TPSA) is 91.7 Å². The second-order valence-corrected chi connectivity index (χ2v) is 9.56. The summed E-state index contributed by atoms with van der Waals surface area (Å²) in [6.45, 7) is 4.27. The molecule has 36 heavy (non-hydrogen) atoms. The zero-order valence-corrected chi connectivity index (χ0v) is 21.0. The van der Waals surface area contributed by atoms with Gasteiger partial charge in [-0.05, 0) is 48.8 Å². The van der Waals surface area contributed by atoms with Crippen LogP contribution in [0.5, 0.6) is 5.75 Å². The molecule has 9 nitrogen and oxygen atoms in total. The van der Waals surface area contributed by atoms with Crippen molar-refractivity contribution in [2.24, 2.45) is 0 Å². The van der Waals surface area contributed by atoms with Crippen LogP contribution in [0, 0.1) is 0 Å². The maximum atomic E-state index is 13.0. The van der Waals surface area contributed by atoms with Gasteiger partial charge in [-0.3, -0.25) is 4.79 Å². The number of fused-ring (bicyclic) bond motifs is 1. The van der Waals surface area contributed by atoms with E-state index in [0.29, 0.717) is 22.0 Å². The average Bonchev–Trinajstić information content (AvgIpc) is 3.52. The molecular formula is C26H28N6O3S. The third kappa shape index (κ3) is 4.91. The smallest absolute Gasteiger partial charge is 0.343 e. The van der Waals surface area contributed by atoms with Crippen molar-refractivity contribution in [3.05, 3.63) is 71.1 Å². The van der Waals surface area contributed by atoms with Crippen molar-refractivity contribution in [2.75, 3.05) is 50.6 Å². The van der Waals surface area contributed by atoms with Crippen LogP contribution < -0.4 is 20.3 Å². The van der Waals surface area contributed by atoms with E-state index in [-0.39, 0.29) is 18.5 Å². The lowest BCUT2D eigenvalue weighted by molar-refractivity contribution is 0.102. The largest absolute Gasteiger partial charge is 0.496 e. The molecule has 3 heterocycles. The Morgan fingerprint density at radius 2 is 1.78 bits per heavy atom. The van der Waals surface area contributed by atoms with Gasteiger partial charge in [-0.25, -0.2) is 4.79 Å². The second kappa shape index (κ2) is 10.4. The molecule has 1 aliphatic heterocycles. The molecular weight excluding hydrogens is 476 g/mol. The predicted molar refractivity (Wildman–Crippen MR) is 142 cm³/mol. The summed E-state index contributed by atoms with van der Waals surface area (Å²) in [6.07, 6.45) is 0. The predicted octanol–water partition coefficient (Wildman–Crippen LogP) is 3.87. The van der Waals surface area contributed by atoms with Crippen LogP contribution in [0.1, 0.15) is 15.9 Å². The normalized spacial score (nSPS) is 14.1. The fourth-order valence-electron chi connectivity index (χ4n) is 4.24. The molecule has 4 aromatic rings. The Morgan fingerprint density at radius 1 is 1.03 bits per heavy atom. The molecule has 0 bridgehead atoms. The van der Waals surface area contributed by atoms with Gasteiger partial charge in [0.05, 0.1) is 12.5 Å². The summed E-state index contributed by atoms with van der Waals surface area (Å²) >= 11 is 1.39. The van der Waals surface area contributed by atoms with Crippen LogP contribution in [0.4, 0.5) is 16.3 Å². The quantitative estimate of drug-likeness (QED) is 0.414. The molecule has 2 amide bonds. The number of hydrogen-bond acceptors (Lipinski definition) is 7. The Hall–Kier alpha value is -3.89. The van der Waals surface area contributed by atoms with Crippen molar-refractivity contribution in [1.82, 2.24) is 20.0 Å². The molecule has 0 unspecified atom stereocenters. The number of nitrogens with one attached hydrogen (secondary N) is 2. The lowest BCUT2D eigenvalue weighted by Crippen LogP contribution is -2.44. The molecule has 0 radical (unpaired) electrons. The number of anilines is 2. The Morgan fingerprint density at radius 3 is 2.53 bits per heavy atom. The number of benzene rings is 2. The highest BCUT2D eigenvalue weighted by atomic mass is 32.1. The van der Waals surface area contributed by atoms with Crippen LogP contribution in [0.15, 0.2) is 60.0 Å². The molecule has 186 valence electrons. The van der Waals surface area contributed by atoms with E-state index in [9.17, 15) is 9.59 Å². The molecule has 0 spiro atoms. The van der Waals surface area contributed by atoms with Gasteiger partial charge in [0.2, 0.25) is 0 Å². The number of likely N-dealkylation sites (N-methyl/N-ethyl adjacent to an activating group) is 1. The molecule has 2 aromatic carbocycles. The van der Waals surface area contributed by atoms with Crippen molar-refractivity contribution in [3.63, 3.8) is 0 Å². The SMILES string of the molecule is COc1ccccc1CNC(=O)n1nc(NC(=O)c2ccc(N3CCN(C)CC3)cc2)c2ccsc21. The molecule has 5 rings (SSSR count). The van der Waals surface area contributed by atoms with E-state index in [2.05, 4.69) is 32.6 Å². The molecule has 10 heteroatoms. The Labute approximate surface area is 213 Å². The number of carbonyl (C=O) groups is 2. The first-order chi connectivity index (χ1) is 17.5. The summed E-state index contributed by atoms with van der Waals surface area (Å²) in [4.78, 5) is 31.2. The van der Waals surface area contributed by atoms with Crippen LogP contribution >= 0.6 is 11.3 Å². The number of amides is 2. The third-order valence-electron chi connectivity index (χ3n) is 6.34. The Kier molecular flexibility index (Phi) is 6.88. The summed E-state index contributed by atoms with van der Waals surface area (Å²) < 4.78 is 6.65. The molecule has 2 N–H and O–H groups in total. The van der Waals surface area contributed by atoms with Crippen LogP contribution in [-0.4, -0.2) is 67.0 Å². The monoisotopic (exact) mass is 504 g/mol. The third-order valence-corrected chi connectivity index (χ3v) is 7.23. The highest BCUT2D eigenvalue weighted by molar-refractivity contribution is 7.17. The van der Waals surface area contributed by atoms with Crippen molar-refractivity contribution in [2.45, 2.75) is 6.54 Å². The van der Waals surface area contributed by atoms with Gasteiger partial charge in [0, 0.05) is 49.5 Å². The number of carbonyl (C=O) groups excluding carboxylic acids is 2. The number of thiophene rings is 1. The van der Waals surface area contributed by atoms with Crippen molar-refractivity contribution >= 4 is 45.0 Å². The fraction of sp³-hybridized carbons (Fsp3) is 0.269. The second-order valence-electron chi connectivity index (χ2n) is 8.66. The summed E-state index contributed by atoms with van der Waals surface area (Å²) in [6, 6.07) is 16.6. The molecule has 0 aliphatic carbocycles. The molecule has 1 saturated heterocycles. The zero-order chi connectivity index (χ0) is 25.1. The van der Waals surface area contributed by atoms with Gasteiger partial charge >= 0.3 is 6.03 Å². The van der Waals surface area contributed by atoms with Crippen LogP contribution in [0.25, 0.3) is 10.2 Å². The van der Waals surface area contributed by atoms with E-state index in [4.69, 9.17) is 4.74 Å². The Balaban J connectivity index is 1.28. The molecule has 1 aliphatic rings. The number of para-hydroxylation sites is 1. The molecule has 1 fully saturated rings. The van der Waals surface area contributed by atoms with Crippen molar-refractivity contribution < 1.29 is 14.3 Å². The van der Waals surface area contributed by atoms with Crippen LogP contribution in [0.3, 0.4) is 0 Å². The summed E-state index contributed by atoms with van der Waals surface area (Å²) in [5, 5.41) is 12.7. The van der Waals surface area contributed by atoms with E-state index >= 15 is 0 Å². The van der Waals surface area contributed by atoms with Gasteiger partial charge in [0.15, 0.2) is 5.82 Å². The van der Waals surface area contributed by atoms with E-state index < -0.39 is 0 Å². The highest BCUT2D eigenvalue weighted by Gasteiger charge is 2.20. The van der Waals surface area contributed by atoms with Crippen LogP contribution in [-0.2, 0) is 6.54 Å². The number of nitrogens with zero attached hydrogens (tertiary/aromatic N) is 4. The van der Waals surface area contributed by atoms with Gasteiger partial charge in [-0.15, -0.1) is 16.4 Å². The average molecular weight is 505 g/mol. The maximum Gasteiger partial charge on any atom is 0.343 e. The molecule has 0 saturated carbocycles. The van der Waals surface area contributed by atoms with E-state index in [1.165, 1.54) is 16.0 Å². The standard InChI is InChI=1S/C26H28N6O3S/c1-30-12-14-31(15-13-30)20-9-7-18(8-10-20)24(33)28-23-21-11-16-36-25(21)32(29-23)26(34)27-17-19-5-3-4-6-22(19)35-2/h3-11,16H,12-15,17H2,1-2H3,(H,27,34)(H,28,29,33). The number of methoxy groups -OCH3 is 1. The molecule has 0 atom stereocenters. The number of rotatable bonds is 6. The zero-order valence-electron chi connectivity index (χ0n) is 20.2. The first-order valence-electron chi connectivity index (χ1n) is 11.7. The first kappa shape index (κ1) is 23.8. The van der Waals surface area contributed by atoms with Gasteiger partial charge in [0.25, 0.3) is 5.91 Å². The van der Waals surface area contributed by atoms with Crippen molar-refractivity contribution in [3.8, 4) is 5.75 Å². The molecule has 2 aromatic heterocycles. The number of hydrogen-bond donors (Lipinski definition) is 2. The maximum absolute atomic E-state index is 13.0. The number of ether oxygens (including phenoxy) is 1. The van der Waals surface area contributed by atoms with Gasteiger partial charge in [-0.2, -0.15) is 4.68 Å². The highest BCUT2D eigenvalue weighted by Crippen LogP contribution is 2.28. The number of piperazine rings is 1. The summed E-state index contributed by atoms with van der Waals surface area (Å²) in [5.41, 5.74) is 2.50. The van der Waals surface area contributed by atoms with E-state index in [1.54, 1.807) is 7.11 Å². The first-order valence-corrected chi connectivity index (χ1v) is 12.6. The Bertz CT molecular complexity index is 1370. The number of aromatic nitrogens is 2. The van der Waals surface area contributed by atoms with Gasteiger partial charge in [0.1, 0.15) is 10.6 Å². The van der Waals surface area contributed by atoms with E-state index in [1.807, 2.05) is 60.0 Å². The summed E-state index contributed by atoms with van der Waals surface area (Å²) in [5.74, 6) is 0.782.